The number of nitrogens with one attached hydrogen (secondary N) is 2. The summed E-state index contributed by atoms with van der Waals surface area (Å²) in [6.45, 7) is 9.16. The molecular weight excluding hydrogens is 552 g/mol. The topological polar surface area (TPSA) is 119 Å². The fourth-order valence-corrected chi connectivity index (χ4v) is 6.01. The van der Waals surface area contributed by atoms with Crippen molar-refractivity contribution in [2.45, 2.75) is 62.6 Å². The highest BCUT2D eigenvalue weighted by Crippen LogP contribution is 2.28. The molecule has 0 spiro atoms. The normalized spacial score (nSPS) is 15.6. The Balaban J connectivity index is 1.64. The van der Waals surface area contributed by atoms with E-state index < -0.39 is 39.4 Å². The second kappa shape index (κ2) is 12.8. The van der Waals surface area contributed by atoms with Crippen LogP contribution < -0.4 is 10.6 Å². The molecule has 0 aromatic heterocycles. The zero-order valence-electron chi connectivity index (χ0n) is 24.1. The molecule has 0 fully saturated rings. The van der Waals surface area contributed by atoms with E-state index in [1.165, 1.54) is 18.2 Å². The standard InChI is InChI=1S/C33H36N2O6S/c1-5-42(39,40)28-17-11-10-16-26(28)30(36)27(35-32(38)41-33(2,3)4)19-18-22-12-7-9-15-25(22)31(37)29-24-14-8-6-13-23(24)20-21-34-29/h5-17,27,29,34H,1,18-21H2,2-4H3,(H,35,38)/t27-,29?/m0/s1. The maximum Gasteiger partial charge on any atom is 0.408 e. The smallest absolute Gasteiger partial charge is 0.408 e. The number of carbonyl (C=O) groups excluding carboxylic acids is 3. The molecule has 0 bridgehead atoms. The zero-order valence-corrected chi connectivity index (χ0v) is 24.9. The van der Waals surface area contributed by atoms with Crippen molar-refractivity contribution in [3.63, 3.8) is 0 Å². The van der Waals surface area contributed by atoms with Gasteiger partial charge >= 0.3 is 6.09 Å². The molecule has 4 rings (SSSR count). The fourth-order valence-electron chi connectivity index (χ4n) is 5.09. The lowest BCUT2D eigenvalue weighted by atomic mass is 9.87. The van der Waals surface area contributed by atoms with Crippen LogP contribution in [0.1, 0.15) is 70.6 Å². The van der Waals surface area contributed by atoms with Gasteiger partial charge in [-0.25, -0.2) is 13.2 Å². The molecule has 1 aliphatic rings. The third kappa shape index (κ3) is 7.21. The van der Waals surface area contributed by atoms with Crippen molar-refractivity contribution in [2.24, 2.45) is 0 Å². The van der Waals surface area contributed by atoms with Crippen LogP contribution in [0.4, 0.5) is 4.79 Å². The minimum atomic E-state index is -3.94. The van der Waals surface area contributed by atoms with E-state index in [4.69, 9.17) is 4.74 Å². The van der Waals surface area contributed by atoms with Gasteiger partial charge in [0.05, 0.1) is 17.0 Å². The first-order valence-corrected chi connectivity index (χ1v) is 15.4. The number of alkyl carbamates (subject to hydrolysis) is 1. The lowest BCUT2D eigenvalue weighted by Gasteiger charge is -2.27. The van der Waals surface area contributed by atoms with Crippen LogP contribution in [0.5, 0.6) is 0 Å². The molecule has 8 nitrogen and oxygen atoms in total. The molecule has 42 heavy (non-hydrogen) atoms. The predicted octanol–water partition coefficient (Wildman–Crippen LogP) is 5.38. The Bertz CT molecular complexity index is 1610. The highest BCUT2D eigenvalue weighted by atomic mass is 32.2. The number of fused-ring (bicyclic) bond motifs is 1. The molecule has 1 heterocycles. The van der Waals surface area contributed by atoms with Crippen molar-refractivity contribution in [1.82, 2.24) is 10.6 Å². The largest absolute Gasteiger partial charge is 0.444 e. The Morgan fingerprint density at radius 3 is 2.36 bits per heavy atom. The molecule has 0 radical (unpaired) electrons. The highest BCUT2D eigenvalue weighted by Gasteiger charge is 2.31. The van der Waals surface area contributed by atoms with E-state index in [0.717, 1.165) is 23.0 Å². The Morgan fingerprint density at radius 2 is 1.64 bits per heavy atom. The van der Waals surface area contributed by atoms with E-state index in [1.54, 1.807) is 39.0 Å². The first-order chi connectivity index (χ1) is 19.9. The van der Waals surface area contributed by atoms with Crippen molar-refractivity contribution < 1.29 is 27.5 Å². The summed E-state index contributed by atoms with van der Waals surface area (Å²) in [5, 5.41) is 6.76. The van der Waals surface area contributed by atoms with Gasteiger partial charge in [0, 0.05) is 23.1 Å². The van der Waals surface area contributed by atoms with Crippen molar-refractivity contribution in [2.75, 3.05) is 6.54 Å². The molecule has 3 aromatic carbocycles. The van der Waals surface area contributed by atoms with Gasteiger partial charge in [-0.1, -0.05) is 67.2 Å². The number of rotatable bonds is 10. The zero-order chi connectivity index (χ0) is 30.5. The number of carbonyl (C=O) groups is 3. The summed E-state index contributed by atoms with van der Waals surface area (Å²) in [6.07, 6.45) is 0.390. The molecule has 1 unspecified atom stereocenters. The molecule has 2 N–H and O–H groups in total. The van der Waals surface area contributed by atoms with E-state index in [0.29, 0.717) is 17.7 Å². The molecule has 9 heteroatoms. The molecule has 220 valence electrons. The lowest BCUT2D eigenvalue weighted by molar-refractivity contribution is 0.0488. The van der Waals surface area contributed by atoms with Crippen LogP contribution in [-0.4, -0.2) is 44.3 Å². The average Bonchev–Trinajstić information content (AvgIpc) is 2.97. The van der Waals surface area contributed by atoms with Gasteiger partial charge in [0.2, 0.25) is 0 Å². The van der Waals surface area contributed by atoms with Gasteiger partial charge in [-0.15, -0.1) is 0 Å². The van der Waals surface area contributed by atoms with Crippen LogP contribution in [0.3, 0.4) is 0 Å². The lowest BCUT2D eigenvalue weighted by Crippen LogP contribution is -2.44. The Hall–Kier alpha value is -4.08. The van der Waals surface area contributed by atoms with Gasteiger partial charge in [-0.2, -0.15) is 0 Å². The number of amides is 1. The Morgan fingerprint density at radius 1 is 1.00 bits per heavy atom. The highest BCUT2D eigenvalue weighted by molar-refractivity contribution is 7.94. The minimum absolute atomic E-state index is 0.0640. The van der Waals surface area contributed by atoms with Crippen molar-refractivity contribution in [3.05, 3.63) is 113 Å². The van der Waals surface area contributed by atoms with Gasteiger partial charge in [-0.05, 0) is 68.9 Å². The molecule has 1 aliphatic heterocycles. The second-order valence-electron chi connectivity index (χ2n) is 11.2. The number of hydrogen-bond donors (Lipinski definition) is 2. The minimum Gasteiger partial charge on any atom is -0.444 e. The summed E-state index contributed by atoms with van der Waals surface area (Å²) in [4.78, 5) is 40.2. The summed E-state index contributed by atoms with van der Waals surface area (Å²) >= 11 is 0. The molecule has 1 amide bonds. The number of benzene rings is 3. The van der Waals surface area contributed by atoms with Gasteiger partial charge in [0.25, 0.3) is 0 Å². The van der Waals surface area contributed by atoms with Gasteiger partial charge in [0.1, 0.15) is 5.60 Å². The third-order valence-corrected chi connectivity index (χ3v) is 8.45. The average molecular weight is 589 g/mol. The monoisotopic (exact) mass is 588 g/mol. The number of Topliss-reactive ketones (excluding diaryl/α,β-unsaturated/α-hetero) is 2. The van der Waals surface area contributed by atoms with E-state index in [-0.39, 0.29) is 29.1 Å². The Labute approximate surface area is 247 Å². The first kappa shape index (κ1) is 30.9. The molecule has 3 aromatic rings. The number of ketones is 2. The van der Waals surface area contributed by atoms with Crippen LogP contribution >= 0.6 is 0 Å². The Kier molecular flexibility index (Phi) is 9.43. The van der Waals surface area contributed by atoms with E-state index >= 15 is 0 Å². The number of hydrogen-bond acceptors (Lipinski definition) is 7. The van der Waals surface area contributed by atoms with Crippen LogP contribution in [0.2, 0.25) is 0 Å². The van der Waals surface area contributed by atoms with Crippen molar-refractivity contribution in [1.29, 1.82) is 0 Å². The second-order valence-corrected chi connectivity index (χ2v) is 13.0. The molecule has 0 saturated carbocycles. The van der Waals surface area contributed by atoms with E-state index in [9.17, 15) is 22.8 Å². The first-order valence-electron chi connectivity index (χ1n) is 13.8. The van der Waals surface area contributed by atoms with Gasteiger partial charge < -0.3 is 15.4 Å². The number of ether oxygens (including phenoxy) is 1. The fraction of sp³-hybridized carbons (Fsp3) is 0.303. The predicted molar refractivity (Wildman–Crippen MR) is 161 cm³/mol. The summed E-state index contributed by atoms with van der Waals surface area (Å²) in [6, 6.07) is 19.3. The summed E-state index contributed by atoms with van der Waals surface area (Å²) in [5.74, 6) is -0.670. The van der Waals surface area contributed by atoms with Crippen LogP contribution in [-0.2, 0) is 27.4 Å². The van der Waals surface area contributed by atoms with Crippen molar-refractivity contribution in [3.8, 4) is 0 Å². The number of aryl methyl sites for hydroxylation is 1. The van der Waals surface area contributed by atoms with Crippen molar-refractivity contribution >= 4 is 27.5 Å². The summed E-state index contributed by atoms with van der Waals surface area (Å²) in [5.41, 5.74) is 2.43. The summed E-state index contributed by atoms with van der Waals surface area (Å²) < 4.78 is 30.7. The molecule has 0 saturated heterocycles. The molecular formula is C33H36N2O6S. The van der Waals surface area contributed by atoms with Gasteiger partial charge in [0.15, 0.2) is 21.4 Å². The summed E-state index contributed by atoms with van der Waals surface area (Å²) in [7, 11) is -3.94. The van der Waals surface area contributed by atoms with E-state index in [1.807, 2.05) is 36.4 Å². The van der Waals surface area contributed by atoms with E-state index in [2.05, 4.69) is 17.2 Å². The quantitative estimate of drug-likeness (QED) is 0.305. The molecule has 0 aliphatic carbocycles. The maximum absolute atomic E-state index is 13.8. The SMILES string of the molecule is C=CS(=O)(=O)c1ccccc1C(=O)[C@H](CCc1ccccc1C(=O)C1NCCc2ccccc21)NC(=O)OC(C)(C)C. The van der Waals surface area contributed by atoms with Crippen LogP contribution in [0.25, 0.3) is 0 Å². The third-order valence-electron chi connectivity index (χ3n) is 7.04. The van der Waals surface area contributed by atoms with Crippen LogP contribution in [0.15, 0.2) is 89.7 Å². The van der Waals surface area contributed by atoms with Gasteiger partial charge in [-0.3, -0.25) is 9.59 Å². The maximum atomic E-state index is 13.8. The molecule has 2 atom stereocenters. The number of sulfone groups is 1. The van der Waals surface area contributed by atoms with Crippen LogP contribution in [0, 0.1) is 0 Å².